The summed E-state index contributed by atoms with van der Waals surface area (Å²) in [4.78, 5) is 17.2. The molecule has 0 aliphatic heterocycles. The summed E-state index contributed by atoms with van der Waals surface area (Å²) in [5, 5.41) is 12.0. The molecule has 2 heterocycles. The smallest absolute Gasteiger partial charge is 0.255 e. The summed E-state index contributed by atoms with van der Waals surface area (Å²) in [6, 6.07) is 5.82. The lowest BCUT2D eigenvalue weighted by atomic mass is 10.1. The Morgan fingerprint density at radius 3 is 2.79 bits per heavy atom. The van der Waals surface area contributed by atoms with Crippen molar-refractivity contribution < 1.29 is 9.32 Å². The first-order chi connectivity index (χ1) is 13.6. The number of carbonyl (C=O) groups excluding carboxylic acids is 1. The molecule has 144 valence electrons. The Hall–Kier alpha value is -2.67. The van der Waals surface area contributed by atoms with Crippen molar-refractivity contribution in [1.29, 1.82) is 0 Å². The fraction of sp³-hybridized carbons (Fsp3) is 0.400. The molecule has 0 unspecified atom stereocenters. The molecular weight excluding hydrogens is 378 g/mol. The maximum Gasteiger partial charge on any atom is 0.255 e. The topological polar surface area (TPSA) is 85.8 Å². The molecule has 5 rings (SSSR count). The second kappa shape index (κ2) is 6.74. The lowest BCUT2D eigenvalue weighted by Crippen LogP contribution is -2.24. The van der Waals surface area contributed by atoms with Gasteiger partial charge in [0.1, 0.15) is 0 Å². The zero-order valence-electron chi connectivity index (χ0n) is 15.5. The second-order valence-corrected chi connectivity index (χ2v) is 7.97. The molecule has 7 nitrogen and oxygen atoms in total. The first kappa shape index (κ1) is 17.4. The zero-order chi connectivity index (χ0) is 19.3. The van der Waals surface area contributed by atoms with Gasteiger partial charge in [0.05, 0.1) is 29.7 Å². The van der Waals surface area contributed by atoms with E-state index in [4.69, 9.17) is 16.1 Å². The highest BCUT2D eigenvalue weighted by Gasteiger charge is 2.33. The molecule has 2 aliphatic rings. The molecule has 2 fully saturated rings. The molecule has 0 atom stereocenters. The Bertz CT molecular complexity index is 1050. The molecule has 1 N–H and O–H groups in total. The van der Waals surface area contributed by atoms with Crippen molar-refractivity contribution in [3.63, 3.8) is 0 Å². The molecule has 0 spiro atoms. The van der Waals surface area contributed by atoms with E-state index in [1.165, 1.54) is 0 Å². The number of aryl methyl sites for hydroxylation is 1. The molecule has 8 heteroatoms. The van der Waals surface area contributed by atoms with Crippen LogP contribution in [0.1, 0.15) is 70.8 Å². The monoisotopic (exact) mass is 397 g/mol. The molecule has 0 saturated heterocycles. The van der Waals surface area contributed by atoms with E-state index in [0.717, 1.165) is 48.5 Å². The maximum atomic E-state index is 12.8. The first-order valence-electron chi connectivity index (χ1n) is 9.55. The largest absolute Gasteiger partial charge is 0.343 e. The number of rotatable bonds is 6. The number of carbonyl (C=O) groups is 1. The van der Waals surface area contributed by atoms with Gasteiger partial charge in [0.15, 0.2) is 5.82 Å². The second-order valence-electron chi connectivity index (χ2n) is 7.57. The number of aromatic nitrogens is 4. The van der Waals surface area contributed by atoms with Gasteiger partial charge in [-0.25, -0.2) is 4.68 Å². The Morgan fingerprint density at radius 1 is 1.29 bits per heavy atom. The normalized spacial score (nSPS) is 16.4. The van der Waals surface area contributed by atoms with Gasteiger partial charge in [-0.2, -0.15) is 10.1 Å². The van der Waals surface area contributed by atoms with Crippen LogP contribution in [-0.2, 0) is 6.54 Å². The van der Waals surface area contributed by atoms with Crippen LogP contribution in [0.15, 0.2) is 28.9 Å². The summed E-state index contributed by atoms with van der Waals surface area (Å²) in [6.45, 7) is 2.17. The van der Waals surface area contributed by atoms with Crippen LogP contribution >= 0.6 is 11.6 Å². The lowest BCUT2D eigenvalue weighted by molar-refractivity contribution is 0.0945. The van der Waals surface area contributed by atoms with Crippen molar-refractivity contribution in [2.75, 3.05) is 0 Å². The minimum atomic E-state index is -0.183. The predicted molar refractivity (Wildman–Crippen MR) is 103 cm³/mol. The Labute approximate surface area is 167 Å². The van der Waals surface area contributed by atoms with Crippen molar-refractivity contribution in [1.82, 2.24) is 25.2 Å². The average molecular weight is 398 g/mol. The summed E-state index contributed by atoms with van der Waals surface area (Å²) in [6.07, 6.45) is 5.96. The van der Waals surface area contributed by atoms with Crippen LogP contribution in [0, 0.1) is 6.92 Å². The molecule has 28 heavy (non-hydrogen) atoms. The van der Waals surface area contributed by atoms with Crippen LogP contribution in [0.4, 0.5) is 0 Å². The maximum absolute atomic E-state index is 12.8. The van der Waals surface area contributed by atoms with E-state index in [0.29, 0.717) is 28.3 Å². The van der Waals surface area contributed by atoms with Crippen LogP contribution in [0.2, 0.25) is 5.02 Å². The van der Waals surface area contributed by atoms with Crippen LogP contribution in [0.25, 0.3) is 5.69 Å². The number of halogens is 1. The quantitative estimate of drug-likeness (QED) is 0.681. The molecule has 2 saturated carbocycles. The third-order valence-corrected chi connectivity index (χ3v) is 5.65. The van der Waals surface area contributed by atoms with E-state index in [1.807, 2.05) is 29.8 Å². The summed E-state index contributed by atoms with van der Waals surface area (Å²) in [5.74, 6) is 1.76. The van der Waals surface area contributed by atoms with Gasteiger partial charge in [0.2, 0.25) is 5.89 Å². The van der Waals surface area contributed by atoms with Crippen molar-refractivity contribution in [3.8, 4) is 5.69 Å². The number of benzene rings is 1. The van der Waals surface area contributed by atoms with Gasteiger partial charge in [-0.05, 0) is 50.3 Å². The van der Waals surface area contributed by atoms with Crippen LogP contribution in [0.3, 0.4) is 0 Å². The summed E-state index contributed by atoms with van der Waals surface area (Å²) in [5.41, 5.74) is 3.39. The van der Waals surface area contributed by atoms with Gasteiger partial charge in [-0.3, -0.25) is 4.79 Å². The minimum Gasteiger partial charge on any atom is -0.343 e. The molecule has 2 aromatic heterocycles. The highest BCUT2D eigenvalue weighted by molar-refractivity contribution is 6.31. The Morgan fingerprint density at radius 2 is 2.07 bits per heavy atom. The minimum absolute atomic E-state index is 0.183. The van der Waals surface area contributed by atoms with Crippen molar-refractivity contribution in [3.05, 3.63) is 58.0 Å². The Balaban J connectivity index is 1.37. The summed E-state index contributed by atoms with van der Waals surface area (Å²) >= 11 is 6.28. The third-order valence-electron chi connectivity index (χ3n) is 5.24. The van der Waals surface area contributed by atoms with Gasteiger partial charge in [-0.1, -0.05) is 22.8 Å². The molecule has 0 bridgehead atoms. The zero-order valence-corrected chi connectivity index (χ0v) is 16.2. The molecule has 1 aromatic carbocycles. The van der Waals surface area contributed by atoms with Gasteiger partial charge >= 0.3 is 0 Å². The van der Waals surface area contributed by atoms with Crippen molar-refractivity contribution >= 4 is 17.5 Å². The number of nitrogens with one attached hydrogen (secondary N) is 1. The van der Waals surface area contributed by atoms with Crippen LogP contribution in [0.5, 0.6) is 0 Å². The molecule has 3 aromatic rings. The summed E-state index contributed by atoms with van der Waals surface area (Å²) in [7, 11) is 0. The Kier molecular flexibility index (Phi) is 4.19. The number of amides is 1. The lowest BCUT2D eigenvalue weighted by Gasteiger charge is -2.10. The van der Waals surface area contributed by atoms with E-state index >= 15 is 0 Å². The number of hydrogen-bond acceptors (Lipinski definition) is 5. The van der Waals surface area contributed by atoms with E-state index in [-0.39, 0.29) is 12.5 Å². The van der Waals surface area contributed by atoms with E-state index < -0.39 is 0 Å². The standard InChI is InChI=1S/C20H20ClN5O2/c1-11-2-7-14(8-16(11)21)26-18(12-3-4-12)15(9-23-26)20(27)22-10-17-24-19(25-28-17)13-5-6-13/h2,7-9,12-13H,3-6,10H2,1H3,(H,22,27). The molecule has 2 aliphatic carbocycles. The van der Waals surface area contributed by atoms with E-state index in [9.17, 15) is 4.79 Å². The fourth-order valence-electron chi connectivity index (χ4n) is 3.30. The number of nitrogens with zero attached hydrogens (tertiary/aromatic N) is 4. The van der Waals surface area contributed by atoms with Crippen LogP contribution in [-0.4, -0.2) is 25.8 Å². The fourth-order valence-corrected chi connectivity index (χ4v) is 3.47. The van der Waals surface area contributed by atoms with Crippen LogP contribution < -0.4 is 5.32 Å². The summed E-state index contributed by atoms with van der Waals surface area (Å²) < 4.78 is 7.06. The third kappa shape index (κ3) is 3.30. The molecule has 1 amide bonds. The van der Waals surface area contributed by atoms with Gasteiger partial charge in [-0.15, -0.1) is 0 Å². The van der Waals surface area contributed by atoms with E-state index in [1.54, 1.807) is 6.20 Å². The van der Waals surface area contributed by atoms with Crippen molar-refractivity contribution in [2.45, 2.75) is 51.0 Å². The first-order valence-corrected chi connectivity index (χ1v) is 9.93. The predicted octanol–water partition coefficient (Wildman–Crippen LogP) is 3.90. The molecule has 0 radical (unpaired) electrons. The molecular formula is C20H20ClN5O2. The van der Waals surface area contributed by atoms with Gasteiger partial charge < -0.3 is 9.84 Å². The van der Waals surface area contributed by atoms with Crippen molar-refractivity contribution in [2.24, 2.45) is 0 Å². The average Bonchev–Trinajstić information content (AvgIpc) is 3.63. The van der Waals surface area contributed by atoms with E-state index in [2.05, 4.69) is 20.6 Å². The SMILES string of the molecule is Cc1ccc(-n2ncc(C(=O)NCc3nc(C4CC4)no3)c2C2CC2)cc1Cl. The highest BCUT2D eigenvalue weighted by atomic mass is 35.5. The van der Waals surface area contributed by atoms with Gasteiger partial charge in [0.25, 0.3) is 5.91 Å². The highest BCUT2D eigenvalue weighted by Crippen LogP contribution is 2.42. The number of hydrogen-bond donors (Lipinski definition) is 1. The van der Waals surface area contributed by atoms with Gasteiger partial charge in [0, 0.05) is 16.9 Å².